The number of para-hydroxylation sites is 1. The van der Waals surface area contributed by atoms with Gasteiger partial charge in [-0.25, -0.2) is 4.68 Å². The van der Waals surface area contributed by atoms with E-state index in [1.165, 1.54) is 18.3 Å². The van der Waals surface area contributed by atoms with Crippen LogP contribution in [0.1, 0.15) is 29.3 Å². The zero-order chi connectivity index (χ0) is 19.3. The number of pyridine rings is 1. The van der Waals surface area contributed by atoms with E-state index >= 15 is 0 Å². The Balaban J connectivity index is 2.54. The summed E-state index contributed by atoms with van der Waals surface area (Å²) < 4.78 is 36.4. The fourth-order valence-corrected chi connectivity index (χ4v) is 2.40. The fourth-order valence-electron chi connectivity index (χ4n) is 2.40. The van der Waals surface area contributed by atoms with Crippen molar-refractivity contribution in [1.29, 1.82) is 5.26 Å². The molecule has 1 heterocycles. The zero-order valence-electron chi connectivity index (χ0n) is 14.5. The van der Waals surface area contributed by atoms with Gasteiger partial charge in [0.05, 0.1) is 12.8 Å². The quantitative estimate of drug-likeness (QED) is 0.740. The summed E-state index contributed by atoms with van der Waals surface area (Å²) in [6.45, 7) is 2.24. The van der Waals surface area contributed by atoms with Gasteiger partial charge in [0.15, 0.2) is 11.5 Å². The van der Waals surface area contributed by atoms with Gasteiger partial charge < -0.3 is 9.47 Å². The lowest BCUT2D eigenvalue weighted by Gasteiger charge is -2.13. The lowest BCUT2D eigenvalue weighted by molar-refractivity contribution is -0.0515. The molecule has 0 aliphatic heterocycles. The average molecular weight is 361 g/mol. The Kier molecular flexibility index (Phi) is 6.07. The Morgan fingerprint density at radius 2 is 2.12 bits per heavy atom. The Morgan fingerprint density at radius 3 is 2.73 bits per heavy atom. The maximum atomic E-state index is 12.7. The number of nitriles is 1. The molecule has 8 heteroatoms. The first-order chi connectivity index (χ1) is 12.4. The van der Waals surface area contributed by atoms with Crippen LogP contribution in [0.3, 0.4) is 0 Å². The summed E-state index contributed by atoms with van der Waals surface area (Å²) >= 11 is 0. The maximum Gasteiger partial charge on any atom is 0.387 e. The van der Waals surface area contributed by atoms with Crippen LogP contribution in [0.5, 0.6) is 11.5 Å². The second-order valence-electron chi connectivity index (χ2n) is 5.30. The molecular formula is C18H17F2N3O3. The summed E-state index contributed by atoms with van der Waals surface area (Å²) in [5.41, 5.74) is 0.640. The van der Waals surface area contributed by atoms with Crippen LogP contribution in [0.25, 0.3) is 0 Å². The van der Waals surface area contributed by atoms with Crippen LogP contribution in [0.4, 0.5) is 8.78 Å². The summed E-state index contributed by atoms with van der Waals surface area (Å²) in [6.07, 6.45) is 1.21. The molecule has 0 radical (unpaired) electrons. The highest BCUT2D eigenvalue weighted by Gasteiger charge is 2.15. The van der Waals surface area contributed by atoms with Crippen LogP contribution >= 0.6 is 0 Å². The van der Waals surface area contributed by atoms with Gasteiger partial charge in [-0.15, -0.1) is 0 Å². The first-order valence-corrected chi connectivity index (χ1v) is 7.77. The topological polar surface area (TPSA) is 76.6 Å². The van der Waals surface area contributed by atoms with Gasteiger partial charge in [-0.1, -0.05) is 6.07 Å². The summed E-state index contributed by atoms with van der Waals surface area (Å²) in [5.74, 6) is -0.0335. The van der Waals surface area contributed by atoms with Crippen molar-refractivity contribution in [2.24, 2.45) is 5.10 Å². The fraction of sp³-hybridized carbons (Fsp3) is 0.278. The van der Waals surface area contributed by atoms with Gasteiger partial charge in [0.25, 0.3) is 5.56 Å². The first kappa shape index (κ1) is 19.1. The molecule has 0 spiro atoms. The number of nitrogens with zero attached hydrogens (tertiary/aromatic N) is 3. The predicted molar refractivity (Wildman–Crippen MR) is 92.1 cm³/mol. The smallest absolute Gasteiger partial charge is 0.387 e. The summed E-state index contributed by atoms with van der Waals surface area (Å²) in [6, 6.07) is 8.08. The van der Waals surface area contributed by atoms with Gasteiger partial charge in [0.1, 0.15) is 11.6 Å². The second-order valence-corrected chi connectivity index (χ2v) is 5.30. The summed E-state index contributed by atoms with van der Waals surface area (Å²) in [4.78, 5) is 12.3. The molecule has 0 N–H and O–H groups in total. The molecule has 0 saturated carbocycles. The molecule has 0 aliphatic rings. The van der Waals surface area contributed by atoms with Gasteiger partial charge in [0.2, 0.25) is 0 Å². The van der Waals surface area contributed by atoms with E-state index in [0.29, 0.717) is 11.3 Å². The van der Waals surface area contributed by atoms with E-state index in [9.17, 15) is 13.6 Å². The number of halogens is 2. The number of rotatable bonds is 6. The molecule has 0 aliphatic carbocycles. The highest BCUT2D eigenvalue weighted by molar-refractivity contribution is 5.85. The summed E-state index contributed by atoms with van der Waals surface area (Å²) in [7, 11) is 0. The molecule has 0 saturated heterocycles. The molecule has 1 aromatic carbocycles. The zero-order valence-corrected chi connectivity index (χ0v) is 14.5. The lowest BCUT2D eigenvalue weighted by atomic mass is 10.1. The van der Waals surface area contributed by atoms with Gasteiger partial charge in [-0.05, 0) is 44.5 Å². The van der Waals surface area contributed by atoms with E-state index in [4.69, 9.17) is 10.00 Å². The normalized spacial score (nSPS) is 11.0. The van der Waals surface area contributed by atoms with Crippen LogP contribution in [0.2, 0.25) is 0 Å². The Morgan fingerprint density at radius 1 is 1.38 bits per heavy atom. The van der Waals surface area contributed by atoms with Crippen molar-refractivity contribution in [3.63, 3.8) is 0 Å². The van der Waals surface area contributed by atoms with Crippen molar-refractivity contribution in [2.75, 3.05) is 6.61 Å². The minimum Gasteiger partial charge on any atom is -0.490 e. The number of alkyl halides is 2. The van der Waals surface area contributed by atoms with Gasteiger partial charge >= 0.3 is 6.61 Å². The number of benzene rings is 1. The monoisotopic (exact) mass is 361 g/mol. The Hall–Kier alpha value is -3.21. The molecule has 26 heavy (non-hydrogen) atoms. The maximum absolute atomic E-state index is 12.7. The number of aryl methyl sites for hydroxylation is 2. The molecule has 6 nitrogen and oxygen atoms in total. The van der Waals surface area contributed by atoms with Crippen LogP contribution < -0.4 is 15.0 Å². The summed E-state index contributed by atoms with van der Waals surface area (Å²) in [5, 5.41) is 13.1. The Bertz CT molecular complexity index is 930. The largest absolute Gasteiger partial charge is 0.490 e. The first-order valence-electron chi connectivity index (χ1n) is 7.77. The minimum absolute atomic E-state index is 0.0279. The molecule has 0 atom stereocenters. The van der Waals surface area contributed by atoms with Gasteiger partial charge in [0, 0.05) is 11.3 Å². The standard InChI is InChI=1S/C18H17F2N3O3/c1-4-25-15-7-5-6-13(16(15)26-18(19)20)10-22-23-12(3)8-11(2)14(9-21)17(23)24/h5-8,10,18H,4H2,1-3H3/b22-10-. The van der Waals surface area contributed by atoms with Crippen molar-refractivity contribution in [3.05, 3.63) is 57.0 Å². The van der Waals surface area contributed by atoms with Crippen LogP contribution in [-0.2, 0) is 0 Å². The third-order valence-corrected chi connectivity index (χ3v) is 3.50. The molecule has 136 valence electrons. The second kappa shape index (κ2) is 8.25. The van der Waals surface area contributed by atoms with Crippen molar-refractivity contribution in [3.8, 4) is 17.6 Å². The number of hydrogen-bond donors (Lipinski definition) is 0. The average Bonchev–Trinajstić information content (AvgIpc) is 2.57. The molecule has 1 aromatic heterocycles. The minimum atomic E-state index is -3.04. The van der Waals surface area contributed by atoms with Crippen molar-refractivity contribution >= 4 is 6.21 Å². The Labute approximate surface area is 148 Å². The third-order valence-electron chi connectivity index (χ3n) is 3.50. The van der Waals surface area contributed by atoms with E-state index in [1.807, 2.05) is 6.07 Å². The van der Waals surface area contributed by atoms with Crippen molar-refractivity contribution in [2.45, 2.75) is 27.4 Å². The molecular weight excluding hydrogens is 344 g/mol. The number of hydrogen-bond acceptors (Lipinski definition) is 5. The van der Waals surface area contributed by atoms with E-state index in [1.54, 1.807) is 32.9 Å². The highest BCUT2D eigenvalue weighted by atomic mass is 19.3. The predicted octanol–water partition coefficient (Wildman–Crippen LogP) is 3.22. The number of aromatic nitrogens is 1. The molecule has 0 fully saturated rings. The van der Waals surface area contributed by atoms with E-state index in [2.05, 4.69) is 9.84 Å². The highest BCUT2D eigenvalue weighted by Crippen LogP contribution is 2.31. The van der Waals surface area contributed by atoms with E-state index in [-0.39, 0.29) is 29.2 Å². The third kappa shape index (κ3) is 4.06. The van der Waals surface area contributed by atoms with Crippen LogP contribution in [0, 0.1) is 25.2 Å². The molecule has 2 rings (SSSR count). The molecule has 0 amide bonds. The number of ether oxygens (including phenoxy) is 2. The van der Waals surface area contributed by atoms with Crippen LogP contribution in [-0.4, -0.2) is 24.1 Å². The lowest BCUT2D eigenvalue weighted by Crippen LogP contribution is -2.22. The van der Waals surface area contributed by atoms with Crippen molar-refractivity contribution in [1.82, 2.24) is 4.68 Å². The molecule has 0 bridgehead atoms. The van der Waals surface area contributed by atoms with Gasteiger partial charge in [-0.2, -0.15) is 19.1 Å². The van der Waals surface area contributed by atoms with Crippen molar-refractivity contribution < 1.29 is 18.3 Å². The van der Waals surface area contributed by atoms with Crippen LogP contribution in [0.15, 0.2) is 34.2 Å². The van der Waals surface area contributed by atoms with E-state index < -0.39 is 12.2 Å². The SMILES string of the molecule is CCOc1cccc(/C=N\n2c(C)cc(C)c(C#N)c2=O)c1OC(F)F. The molecule has 0 unspecified atom stereocenters. The van der Waals surface area contributed by atoms with Gasteiger partial charge in [-0.3, -0.25) is 4.79 Å². The molecule has 2 aromatic rings. The van der Waals surface area contributed by atoms with E-state index in [0.717, 1.165) is 4.68 Å².